The standard InChI is InChI=1S/C13H17N3O2/c1-13(2,12(17)18)7-16(3)9-4-5-10-11(6-9)15-8-14-10/h4-6,8H,7H2,1-3H3,(H,14,15)(H,17,18). The number of aromatic amines is 1. The fourth-order valence-corrected chi connectivity index (χ4v) is 1.91. The average molecular weight is 247 g/mol. The Kier molecular flexibility index (Phi) is 2.98. The largest absolute Gasteiger partial charge is 0.481 e. The number of hydrogen-bond acceptors (Lipinski definition) is 3. The predicted octanol–water partition coefficient (Wildman–Crippen LogP) is 2.11. The number of aromatic nitrogens is 2. The number of anilines is 1. The summed E-state index contributed by atoms with van der Waals surface area (Å²) >= 11 is 0. The number of carboxylic acids is 1. The normalized spacial score (nSPS) is 11.7. The zero-order valence-corrected chi connectivity index (χ0v) is 10.8. The van der Waals surface area contributed by atoms with Gasteiger partial charge in [0, 0.05) is 19.3 Å². The maximum atomic E-state index is 11.1. The molecular weight excluding hydrogens is 230 g/mol. The van der Waals surface area contributed by atoms with E-state index in [1.807, 2.05) is 30.1 Å². The molecule has 0 fully saturated rings. The SMILES string of the molecule is CN(CC(C)(C)C(=O)O)c1ccc2nc[nH]c2c1. The number of H-pyrrole nitrogens is 1. The van der Waals surface area contributed by atoms with Crippen molar-refractivity contribution < 1.29 is 9.90 Å². The van der Waals surface area contributed by atoms with Gasteiger partial charge in [-0.05, 0) is 32.0 Å². The molecular formula is C13H17N3O2. The lowest BCUT2D eigenvalue weighted by Gasteiger charge is -2.28. The first-order chi connectivity index (χ1) is 8.40. The second-order valence-electron chi connectivity index (χ2n) is 5.15. The molecule has 0 aliphatic carbocycles. The second kappa shape index (κ2) is 4.33. The summed E-state index contributed by atoms with van der Waals surface area (Å²) in [6.45, 7) is 3.89. The highest BCUT2D eigenvalue weighted by Crippen LogP contribution is 2.23. The van der Waals surface area contributed by atoms with Crippen molar-refractivity contribution in [2.24, 2.45) is 5.41 Å². The molecule has 5 nitrogen and oxygen atoms in total. The number of imidazole rings is 1. The van der Waals surface area contributed by atoms with E-state index in [0.29, 0.717) is 6.54 Å². The average Bonchev–Trinajstić information content (AvgIpc) is 2.74. The van der Waals surface area contributed by atoms with E-state index in [1.165, 1.54) is 0 Å². The Balaban J connectivity index is 2.22. The van der Waals surface area contributed by atoms with Crippen molar-refractivity contribution in [3.8, 4) is 0 Å². The summed E-state index contributed by atoms with van der Waals surface area (Å²) in [5.41, 5.74) is 2.05. The Morgan fingerprint density at radius 1 is 1.50 bits per heavy atom. The minimum Gasteiger partial charge on any atom is -0.481 e. The van der Waals surface area contributed by atoms with Crippen LogP contribution in [0.4, 0.5) is 5.69 Å². The van der Waals surface area contributed by atoms with Crippen LogP contribution >= 0.6 is 0 Å². The molecule has 1 aromatic carbocycles. The van der Waals surface area contributed by atoms with E-state index in [2.05, 4.69) is 9.97 Å². The van der Waals surface area contributed by atoms with Crippen LogP contribution in [0.3, 0.4) is 0 Å². The lowest BCUT2D eigenvalue weighted by molar-refractivity contribution is -0.146. The molecule has 0 saturated carbocycles. The van der Waals surface area contributed by atoms with E-state index in [1.54, 1.807) is 20.2 Å². The lowest BCUT2D eigenvalue weighted by atomic mass is 9.93. The fourth-order valence-electron chi connectivity index (χ4n) is 1.91. The first-order valence-electron chi connectivity index (χ1n) is 5.78. The van der Waals surface area contributed by atoms with Crippen LogP contribution < -0.4 is 4.90 Å². The summed E-state index contributed by atoms with van der Waals surface area (Å²) in [6.07, 6.45) is 1.65. The van der Waals surface area contributed by atoms with E-state index in [9.17, 15) is 4.79 Å². The summed E-state index contributed by atoms with van der Waals surface area (Å²) in [6, 6.07) is 5.84. The number of carboxylic acid groups (broad SMARTS) is 1. The molecule has 0 unspecified atom stereocenters. The van der Waals surface area contributed by atoms with Crippen molar-refractivity contribution in [2.45, 2.75) is 13.8 Å². The van der Waals surface area contributed by atoms with Crippen LogP contribution in [-0.4, -0.2) is 34.6 Å². The first-order valence-corrected chi connectivity index (χ1v) is 5.78. The summed E-state index contributed by atoms with van der Waals surface area (Å²) in [5, 5.41) is 9.13. The Bertz CT molecular complexity index is 574. The molecule has 0 radical (unpaired) electrons. The van der Waals surface area contributed by atoms with Crippen molar-refractivity contribution >= 4 is 22.7 Å². The van der Waals surface area contributed by atoms with Crippen LogP contribution in [0.2, 0.25) is 0 Å². The molecule has 0 amide bonds. The van der Waals surface area contributed by atoms with Gasteiger partial charge in [-0.25, -0.2) is 4.98 Å². The Hall–Kier alpha value is -2.04. The van der Waals surface area contributed by atoms with E-state index < -0.39 is 11.4 Å². The van der Waals surface area contributed by atoms with Crippen LogP contribution in [0.1, 0.15) is 13.8 Å². The summed E-state index contributed by atoms with van der Waals surface area (Å²) in [7, 11) is 1.89. The van der Waals surface area contributed by atoms with E-state index in [4.69, 9.17) is 5.11 Å². The van der Waals surface area contributed by atoms with Crippen molar-refractivity contribution in [2.75, 3.05) is 18.5 Å². The van der Waals surface area contributed by atoms with Gasteiger partial charge in [-0.15, -0.1) is 0 Å². The zero-order valence-electron chi connectivity index (χ0n) is 10.8. The minimum atomic E-state index is -0.794. The quantitative estimate of drug-likeness (QED) is 0.868. The topological polar surface area (TPSA) is 69.2 Å². The van der Waals surface area contributed by atoms with Crippen molar-refractivity contribution in [1.82, 2.24) is 9.97 Å². The maximum Gasteiger partial charge on any atom is 0.310 e. The number of fused-ring (bicyclic) bond motifs is 1. The summed E-state index contributed by atoms with van der Waals surface area (Å²) in [5.74, 6) is -0.794. The number of rotatable bonds is 4. The third-order valence-electron chi connectivity index (χ3n) is 3.06. The van der Waals surface area contributed by atoms with Crippen molar-refractivity contribution in [1.29, 1.82) is 0 Å². The van der Waals surface area contributed by atoms with Gasteiger partial charge in [-0.2, -0.15) is 0 Å². The van der Waals surface area contributed by atoms with Gasteiger partial charge >= 0.3 is 5.97 Å². The molecule has 1 aromatic heterocycles. The zero-order chi connectivity index (χ0) is 13.3. The minimum absolute atomic E-state index is 0.446. The first kappa shape index (κ1) is 12.4. The van der Waals surface area contributed by atoms with Gasteiger partial charge in [-0.3, -0.25) is 4.79 Å². The van der Waals surface area contributed by atoms with E-state index in [-0.39, 0.29) is 0 Å². The van der Waals surface area contributed by atoms with Crippen LogP contribution in [0.25, 0.3) is 11.0 Å². The molecule has 0 saturated heterocycles. The third kappa shape index (κ3) is 2.30. The van der Waals surface area contributed by atoms with Gasteiger partial charge in [0.1, 0.15) is 0 Å². The van der Waals surface area contributed by atoms with Gasteiger partial charge in [0.2, 0.25) is 0 Å². The molecule has 96 valence electrons. The summed E-state index contributed by atoms with van der Waals surface area (Å²) < 4.78 is 0. The van der Waals surface area contributed by atoms with Crippen LogP contribution in [0.5, 0.6) is 0 Å². The van der Waals surface area contributed by atoms with Crippen LogP contribution in [0.15, 0.2) is 24.5 Å². The number of aliphatic carboxylic acids is 1. The molecule has 2 aromatic rings. The van der Waals surface area contributed by atoms with Gasteiger partial charge in [0.25, 0.3) is 0 Å². The molecule has 0 aliphatic rings. The Morgan fingerprint density at radius 3 is 2.89 bits per heavy atom. The van der Waals surface area contributed by atoms with Crippen molar-refractivity contribution in [3.05, 3.63) is 24.5 Å². The van der Waals surface area contributed by atoms with Gasteiger partial charge < -0.3 is 15.0 Å². The summed E-state index contributed by atoms with van der Waals surface area (Å²) in [4.78, 5) is 20.3. The molecule has 0 aliphatic heterocycles. The molecule has 0 spiro atoms. The van der Waals surface area contributed by atoms with E-state index in [0.717, 1.165) is 16.7 Å². The molecule has 2 N–H and O–H groups in total. The third-order valence-corrected chi connectivity index (χ3v) is 3.06. The Morgan fingerprint density at radius 2 is 2.22 bits per heavy atom. The monoisotopic (exact) mass is 247 g/mol. The maximum absolute atomic E-state index is 11.1. The van der Waals surface area contributed by atoms with Crippen LogP contribution in [-0.2, 0) is 4.79 Å². The molecule has 0 bridgehead atoms. The van der Waals surface area contributed by atoms with Gasteiger partial charge in [0.05, 0.1) is 22.8 Å². The van der Waals surface area contributed by atoms with Gasteiger partial charge in [0.15, 0.2) is 0 Å². The highest BCUT2D eigenvalue weighted by Gasteiger charge is 2.28. The molecule has 5 heteroatoms. The number of nitrogens with one attached hydrogen (secondary N) is 1. The predicted molar refractivity (Wildman–Crippen MR) is 70.8 cm³/mol. The van der Waals surface area contributed by atoms with E-state index >= 15 is 0 Å². The number of benzene rings is 1. The molecule has 1 heterocycles. The lowest BCUT2D eigenvalue weighted by Crippen LogP contribution is -2.37. The molecule has 18 heavy (non-hydrogen) atoms. The van der Waals surface area contributed by atoms with Gasteiger partial charge in [-0.1, -0.05) is 0 Å². The number of hydrogen-bond donors (Lipinski definition) is 2. The number of nitrogens with zero attached hydrogens (tertiary/aromatic N) is 2. The molecule has 2 rings (SSSR count). The van der Waals surface area contributed by atoms with Crippen molar-refractivity contribution in [3.63, 3.8) is 0 Å². The highest BCUT2D eigenvalue weighted by molar-refractivity contribution is 5.79. The van der Waals surface area contributed by atoms with Crippen LogP contribution in [0, 0.1) is 5.41 Å². The highest BCUT2D eigenvalue weighted by atomic mass is 16.4. The second-order valence-corrected chi connectivity index (χ2v) is 5.15. The number of carbonyl (C=O) groups is 1. The Labute approximate surface area is 105 Å². The fraction of sp³-hybridized carbons (Fsp3) is 0.385. The smallest absolute Gasteiger partial charge is 0.310 e. The molecule has 0 atom stereocenters.